The van der Waals surface area contributed by atoms with Gasteiger partial charge in [0.1, 0.15) is 11.6 Å². The third kappa shape index (κ3) is 5.06. The Labute approximate surface area is 196 Å². The first-order chi connectivity index (χ1) is 15.8. The lowest BCUT2D eigenvalue weighted by Gasteiger charge is -2.12. The largest absolute Gasteiger partial charge is 0.354 e. The summed E-state index contributed by atoms with van der Waals surface area (Å²) in [6.45, 7) is 3.83. The van der Waals surface area contributed by atoms with Gasteiger partial charge in [-0.25, -0.2) is 9.37 Å². The normalized spacial score (nSPS) is 15.1. The number of carbonyl (C=O) groups is 3. The predicted molar refractivity (Wildman–Crippen MR) is 123 cm³/mol. The molecule has 1 saturated heterocycles. The topological polar surface area (TPSA) is 110 Å². The molecule has 1 fully saturated rings. The van der Waals surface area contributed by atoms with Gasteiger partial charge in [0.25, 0.3) is 11.1 Å². The van der Waals surface area contributed by atoms with E-state index in [1.807, 2.05) is 13.8 Å². The van der Waals surface area contributed by atoms with E-state index in [9.17, 15) is 18.8 Å². The fourth-order valence-electron chi connectivity index (χ4n) is 3.21. The molecule has 0 unspecified atom stereocenters. The van der Waals surface area contributed by atoms with Crippen LogP contribution in [0.1, 0.15) is 17.1 Å². The van der Waals surface area contributed by atoms with Crippen molar-refractivity contribution in [1.82, 2.24) is 29.8 Å². The minimum absolute atomic E-state index is 0.0197. The maximum absolute atomic E-state index is 13.8. The molecule has 0 radical (unpaired) electrons. The molecule has 0 atom stereocenters. The number of halogens is 1. The number of carbonyl (C=O) groups excluding carboxylic acids is 3. The van der Waals surface area contributed by atoms with Crippen molar-refractivity contribution in [3.63, 3.8) is 0 Å². The number of benzene rings is 1. The second kappa shape index (κ2) is 9.71. The van der Waals surface area contributed by atoms with Gasteiger partial charge in [-0.15, -0.1) is 10.2 Å². The van der Waals surface area contributed by atoms with Gasteiger partial charge in [0.2, 0.25) is 5.91 Å². The van der Waals surface area contributed by atoms with E-state index in [-0.39, 0.29) is 35.2 Å². The molecular formula is C21H19FN6O3S2. The highest BCUT2D eigenvalue weighted by atomic mass is 32.2. The Bertz CT molecular complexity index is 1290. The molecule has 1 aliphatic rings. The van der Waals surface area contributed by atoms with Crippen LogP contribution in [0.2, 0.25) is 0 Å². The Kier molecular flexibility index (Phi) is 6.75. The summed E-state index contributed by atoms with van der Waals surface area (Å²) in [7, 11) is 0. The van der Waals surface area contributed by atoms with Gasteiger partial charge in [-0.05, 0) is 37.8 Å². The molecular weight excluding hydrogens is 467 g/mol. The predicted octanol–water partition coefficient (Wildman–Crippen LogP) is 2.83. The minimum atomic E-state index is -0.509. The first-order valence-corrected chi connectivity index (χ1v) is 11.7. The van der Waals surface area contributed by atoms with Crippen molar-refractivity contribution < 1.29 is 18.8 Å². The van der Waals surface area contributed by atoms with Crippen molar-refractivity contribution in [2.45, 2.75) is 19.0 Å². The van der Waals surface area contributed by atoms with Gasteiger partial charge < -0.3 is 5.32 Å². The van der Waals surface area contributed by atoms with E-state index in [1.165, 1.54) is 30.0 Å². The summed E-state index contributed by atoms with van der Waals surface area (Å²) in [6.07, 6.45) is 1.36. The van der Waals surface area contributed by atoms with Gasteiger partial charge in [-0.3, -0.25) is 23.7 Å². The lowest BCUT2D eigenvalue weighted by molar-refractivity contribution is -0.123. The first kappa shape index (κ1) is 22.9. The molecule has 12 heteroatoms. The summed E-state index contributed by atoms with van der Waals surface area (Å²) in [5, 5.41) is 11.0. The van der Waals surface area contributed by atoms with Crippen molar-refractivity contribution in [3.05, 3.63) is 58.1 Å². The van der Waals surface area contributed by atoms with Gasteiger partial charge in [0.05, 0.1) is 10.7 Å². The fraction of sp³-hybridized carbons (Fsp3) is 0.238. The maximum Gasteiger partial charge on any atom is 0.293 e. The number of nitrogens with one attached hydrogen (secondary N) is 1. The number of nitrogens with zero attached hydrogens (tertiary/aromatic N) is 5. The Balaban J connectivity index is 1.30. The number of hydrogen-bond acceptors (Lipinski definition) is 8. The van der Waals surface area contributed by atoms with Gasteiger partial charge in [-0.1, -0.05) is 30.0 Å². The molecule has 3 amide bonds. The molecule has 0 bridgehead atoms. The number of fused-ring (bicyclic) bond motifs is 1. The molecule has 4 rings (SSSR count). The number of amides is 3. The van der Waals surface area contributed by atoms with Crippen LogP contribution in [0.5, 0.6) is 0 Å². The van der Waals surface area contributed by atoms with E-state index in [0.717, 1.165) is 28.2 Å². The Morgan fingerprint density at radius 1 is 1.24 bits per heavy atom. The third-order valence-electron chi connectivity index (χ3n) is 4.71. The molecule has 2 aromatic heterocycles. The summed E-state index contributed by atoms with van der Waals surface area (Å²) in [6, 6.07) is 7.81. The smallest absolute Gasteiger partial charge is 0.293 e. The molecule has 3 heterocycles. The van der Waals surface area contributed by atoms with E-state index < -0.39 is 17.0 Å². The van der Waals surface area contributed by atoms with Crippen LogP contribution in [0.15, 0.2) is 40.4 Å². The zero-order chi connectivity index (χ0) is 23.5. The van der Waals surface area contributed by atoms with Crippen LogP contribution in [0.3, 0.4) is 0 Å². The minimum Gasteiger partial charge on any atom is -0.354 e. The molecule has 0 spiro atoms. The van der Waals surface area contributed by atoms with E-state index in [0.29, 0.717) is 10.8 Å². The van der Waals surface area contributed by atoms with Gasteiger partial charge >= 0.3 is 0 Å². The monoisotopic (exact) mass is 486 g/mol. The highest BCUT2D eigenvalue weighted by Gasteiger charge is 2.34. The summed E-state index contributed by atoms with van der Waals surface area (Å²) in [5.41, 5.74) is 1.72. The molecule has 1 N–H and O–H groups in total. The molecule has 1 aromatic carbocycles. The van der Waals surface area contributed by atoms with Gasteiger partial charge in [-0.2, -0.15) is 0 Å². The highest BCUT2D eigenvalue weighted by Crippen LogP contribution is 2.32. The quantitative estimate of drug-likeness (QED) is 0.401. The van der Waals surface area contributed by atoms with Crippen molar-refractivity contribution in [3.8, 4) is 0 Å². The zero-order valence-electron chi connectivity index (χ0n) is 17.7. The van der Waals surface area contributed by atoms with Crippen LogP contribution in [0, 0.1) is 19.7 Å². The summed E-state index contributed by atoms with van der Waals surface area (Å²) >= 11 is 1.96. The second-order valence-corrected chi connectivity index (χ2v) is 9.05. The van der Waals surface area contributed by atoms with E-state index >= 15 is 0 Å². The number of imide groups is 1. The van der Waals surface area contributed by atoms with E-state index in [4.69, 9.17) is 0 Å². The first-order valence-electron chi connectivity index (χ1n) is 9.92. The lowest BCUT2D eigenvalue weighted by atomic mass is 10.2. The Hall–Kier alpha value is -3.25. The van der Waals surface area contributed by atoms with Crippen LogP contribution in [0.4, 0.5) is 9.18 Å². The Morgan fingerprint density at radius 3 is 2.82 bits per heavy atom. The molecule has 0 aliphatic carbocycles. The Morgan fingerprint density at radius 2 is 2.03 bits per heavy atom. The summed E-state index contributed by atoms with van der Waals surface area (Å²) in [5.74, 6) is -0.451. The van der Waals surface area contributed by atoms with E-state index in [1.54, 1.807) is 22.6 Å². The van der Waals surface area contributed by atoms with Crippen molar-refractivity contribution in [2.24, 2.45) is 0 Å². The number of thioether (sulfide) groups is 2. The molecule has 9 nitrogen and oxygen atoms in total. The molecule has 1 aliphatic heterocycles. The number of rotatable bonds is 7. The highest BCUT2D eigenvalue weighted by molar-refractivity contribution is 8.18. The van der Waals surface area contributed by atoms with Gasteiger partial charge in [0.15, 0.2) is 10.8 Å². The average molecular weight is 487 g/mol. The molecule has 33 heavy (non-hydrogen) atoms. The van der Waals surface area contributed by atoms with Crippen LogP contribution >= 0.6 is 23.5 Å². The molecule has 170 valence electrons. The zero-order valence-corrected chi connectivity index (χ0v) is 19.4. The SMILES string of the molecule is Cc1cc2nnc(SCC(=O)NCCN3C(=O)S/C(=C\c4ccccc4F)C3=O)n2c(C)n1. The van der Waals surface area contributed by atoms with Crippen molar-refractivity contribution >= 4 is 52.3 Å². The number of aromatic nitrogens is 4. The lowest BCUT2D eigenvalue weighted by Crippen LogP contribution is -2.37. The van der Waals surface area contributed by atoms with Crippen LogP contribution in [-0.2, 0) is 9.59 Å². The fourth-order valence-corrected chi connectivity index (χ4v) is 4.88. The van der Waals surface area contributed by atoms with Crippen LogP contribution < -0.4 is 5.32 Å². The second-order valence-electron chi connectivity index (χ2n) is 7.11. The van der Waals surface area contributed by atoms with Crippen LogP contribution in [0.25, 0.3) is 11.7 Å². The van der Waals surface area contributed by atoms with E-state index in [2.05, 4.69) is 20.5 Å². The number of hydrogen-bond donors (Lipinski definition) is 1. The standard InChI is InChI=1S/C21H19FN6O3S2/c1-12-9-17-25-26-20(28(17)13(2)24-12)32-11-18(29)23-7-8-27-19(30)16(33-21(27)31)10-14-5-3-4-6-15(14)22/h3-6,9-10H,7-8,11H2,1-2H3,(H,23,29)/b16-10-. The maximum atomic E-state index is 13.8. The van der Waals surface area contributed by atoms with Gasteiger partial charge in [0, 0.05) is 30.4 Å². The summed E-state index contributed by atoms with van der Waals surface area (Å²) < 4.78 is 15.6. The molecule has 0 saturated carbocycles. The number of aryl methyl sites for hydroxylation is 2. The van der Waals surface area contributed by atoms with Crippen molar-refractivity contribution in [2.75, 3.05) is 18.8 Å². The summed E-state index contributed by atoms with van der Waals surface area (Å²) in [4.78, 5) is 42.5. The third-order valence-corrected chi connectivity index (χ3v) is 6.55. The van der Waals surface area contributed by atoms with Crippen LogP contribution in [-0.4, -0.2) is 60.4 Å². The van der Waals surface area contributed by atoms with Crippen molar-refractivity contribution in [1.29, 1.82) is 0 Å². The average Bonchev–Trinajstić information content (AvgIpc) is 3.29. The molecule has 3 aromatic rings.